The maximum atomic E-state index is 12.0. The number of nitro benzene ring substituents is 1. The zero-order valence-corrected chi connectivity index (χ0v) is 11.4. The Morgan fingerprint density at radius 3 is 2.70 bits per heavy atom. The molecule has 1 aromatic carbocycles. The van der Waals surface area contributed by atoms with E-state index in [2.05, 4.69) is 10.3 Å². The van der Waals surface area contributed by atoms with E-state index in [1.807, 2.05) is 0 Å². The second-order valence-corrected chi connectivity index (χ2v) is 4.55. The van der Waals surface area contributed by atoms with E-state index >= 15 is 0 Å². The van der Waals surface area contributed by atoms with Crippen molar-refractivity contribution in [2.45, 2.75) is 0 Å². The van der Waals surface area contributed by atoms with Crippen molar-refractivity contribution in [2.75, 3.05) is 5.32 Å². The average molecular weight is 312 g/mol. The molecule has 8 heteroatoms. The highest BCUT2D eigenvalue weighted by atomic mass is 35.5. The molecule has 0 unspecified atom stereocenters. The minimum Gasteiger partial charge on any atom is -0.306 e. The van der Waals surface area contributed by atoms with Crippen molar-refractivity contribution in [2.24, 2.45) is 0 Å². The lowest BCUT2D eigenvalue weighted by atomic mass is 10.1. The second-order valence-electron chi connectivity index (χ2n) is 3.71. The Morgan fingerprint density at radius 2 is 2.05 bits per heavy atom. The molecule has 0 bridgehead atoms. The lowest BCUT2D eigenvalue weighted by Gasteiger charge is -2.06. The molecular formula is C12H7Cl2N3O3. The van der Waals surface area contributed by atoms with E-state index in [0.717, 1.165) is 0 Å². The van der Waals surface area contributed by atoms with Gasteiger partial charge in [0.25, 0.3) is 5.91 Å². The maximum absolute atomic E-state index is 12.0. The van der Waals surface area contributed by atoms with Gasteiger partial charge in [0.2, 0.25) is 0 Å². The monoisotopic (exact) mass is 311 g/mol. The Morgan fingerprint density at radius 1 is 1.30 bits per heavy atom. The van der Waals surface area contributed by atoms with Gasteiger partial charge < -0.3 is 5.32 Å². The van der Waals surface area contributed by atoms with Crippen LogP contribution in [0.1, 0.15) is 10.4 Å². The van der Waals surface area contributed by atoms with Gasteiger partial charge >= 0.3 is 5.69 Å². The summed E-state index contributed by atoms with van der Waals surface area (Å²) in [5, 5.41) is 13.7. The van der Waals surface area contributed by atoms with Crippen molar-refractivity contribution in [1.29, 1.82) is 0 Å². The van der Waals surface area contributed by atoms with Gasteiger partial charge in [-0.3, -0.25) is 14.9 Å². The zero-order chi connectivity index (χ0) is 14.7. The minimum absolute atomic E-state index is 0.110. The highest BCUT2D eigenvalue weighted by Gasteiger charge is 2.23. The number of carbonyl (C=O) groups is 1. The molecule has 0 spiro atoms. The molecule has 1 amide bonds. The number of halogens is 2. The maximum Gasteiger partial charge on any atom is 0.300 e. The SMILES string of the molecule is O=C(Nc1cc(Cl)ccn1)c1cccc(Cl)c1[N+](=O)[O-]. The van der Waals surface area contributed by atoms with Crippen molar-refractivity contribution >= 4 is 40.6 Å². The third-order valence-electron chi connectivity index (χ3n) is 2.38. The third kappa shape index (κ3) is 3.04. The van der Waals surface area contributed by atoms with Crippen LogP contribution in [0.3, 0.4) is 0 Å². The van der Waals surface area contributed by atoms with E-state index in [0.29, 0.717) is 5.02 Å². The molecule has 0 radical (unpaired) electrons. The molecule has 2 rings (SSSR count). The summed E-state index contributed by atoms with van der Waals surface area (Å²) in [6, 6.07) is 7.07. The molecule has 0 saturated carbocycles. The van der Waals surface area contributed by atoms with Gasteiger partial charge in [-0.1, -0.05) is 29.3 Å². The van der Waals surface area contributed by atoms with Crippen LogP contribution in [-0.4, -0.2) is 15.8 Å². The number of carbonyl (C=O) groups excluding carboxylic acids is 1. The van der Waals surface area contributed by atoms with Crippen LogP contribution in [0.15, 0.2) is 36.5 Å². The first-order valence-electron chi connectivity index (χ1n) is 5.35. The predicted octanol–water partition coefficient (Wildman–Crippen LogP) is 3.55. The largest absolute Gasteiger partial charge is 0.306 e. The number of hydrogen-bond acceptors (Lipinski definition) is 4. The van der Waals surface area contributed by atoms with Crippen molar-refractivity contribution < 1.29 is 9.72 Å². The number of amides is 1. The lowest BCUT2D eigenvalue weighted by Crippen LogP contribution is -2.15. The first kappa shape index (κ1) is 14.2. The second kappa shape index (κ2) is 5.85. The van der Waals surface area contributed by atoms with E-state index in [1.165, 1.54) is 30.5 Å². The van der Waals surface area contributed by atoms with Crippen LogP contribution in [0.25, 0.3) is 0 Å². The standard InChI is InChI=1S/C12H7Cl2N3O3/c13-7-4-5-15-10(6-7)16-12(18)8-2-1-3-9(14)11(8)17(19)20/h1-6H,(H,15,16,18). The number of rotatable bonds is 3. The summed E-state index contributed by atoms with van der Waals surface area (Å²) in [6.07, 6.45) is 1.41. The van der Waals surface area contributed by atoms with Gasteiger partial charge in [0.05, 0.1) is 4.92 Å². The molecule has 20 heavy (non-hydrogen) atoms. The number of hydrogen-bond donors (Lipinski definition) is 1. The number of nitrogens with zero attached hydrogens (tertiary/aromatic N) is 2. The van der Waals surface area contributed by atoms with Gasteiger partial charge in [-0.05, 0) is 24.3 Å². The molecule has 0 aliphatic rings. The molecule has 1 N–H and O–H groups in total. The van der Waals surface area contributed by atoms with E-state index in [1.54, 1.807) is 6.07 Å². The highest BCUT2D eigenvalue weighted by Crippen LogP contribution is 2.28. The highest BCUT2D eigenvalue weighted by molar-refractivity contribution is 6.33. The van der Waals surface area contributed by atoms with E-state index in [9.17, 15) is 14.9 Å². The van der Waals surface area contributed by atoms with Gasteiger partial charge in [0, 0.05) is 11.2 Å². The van der Waals surface area contributed by atoms with Crippen molar-refractivity contribution in [3.05, 3.63) is 62.3 Å². The fourth-order valence-electron chi connectivity index (χ4n) is 1.54. The van der Waals surface area contributed by atoms with Gasteiger partial charge in [-0.2, -0.15) is 0 Å². The number of anilines is 1. The summed E-state index contributed by atoms with van der Waals surface area (Å²) < 4.78 is 0. The Kier molecular flexibility index (Phi) is 4.16. The molecule has 1 aromatic heterocycles. The first-order valence-corrected chi connectivity index (χ1v) is 6.10. The number of benzene rings is 1. The molecule has 6 nitrogen and oxygen atoms in total. The number of para-hydroxylation sites is 1. The van der Waals surface area contributed by atoms with Gasteiger partial charge in [0.1, 0.15) is 16.4 Å². The molecule has 1 heterocycles. The normalized spacial score (nSPS) is 10.1. The first-order chi connectivity index (χ1) is 9.49. The summed E-state index contributed by atoms with van der Waals surface area (Å²) in [6.45, 7) is 0. The lowest BCUT2D eigenvalue weighted by molar-refractivity contribution is -0.385. The summed E-state index contributed by atoms with van der Waals surface area (Å²) >= 11 is 11.5. The van der Waals surface area contributed by atoms with Crippen LogP contribution in [0.4, 0.5) is 11.5 Å². The molecule has 0 atom stereocenters. The molecular weight excluding hydrogens is 305 g/mol. The van der Waals surface area contributed by atoms with E-state index in [4.69, 9.17) is 23.2 Å². The van der Waals surface area contributed by atoms with Crippen molar-refractivity contribution in [1.82, 2.24) is 4.98 Å². The van der Waals surface area contributed by atoms with Crippen LogP contribution >= 0.6 is 23.2 Å². The summed E-state index contributed by atoms with van der Waals surface area (Å²) in [5.74, 6) is -0.495. The van der Waals surface area contributed by atoms with Crippen molar-refractivity contribution in [3.8, 4) is 0 Å². The van der Waals surface area contributed by atoms with Crippen LogP contribution in [0.2, 0.25) is 10.0 Å². The van der Waals surface area contributed by atoms with Gasteiger partial charge in [0.15, 0.2) is 0 Å². The topological polar surface area (TPSA) is 85.1 Å². The molecule has 0 aliphatic heterocycles. The number of aromatic nitrogens is 1. The number of nitrogens with one attached hydrogen (secondary N) is 1. The quantitative estimate of drug-likeness (QED) is 0.693. The summed E-state index contributed by atoms with van der Waals surface area (Å²) in [4.78, 5) is 26.2. The fraction of sp³-hybridized carbons (Fsp3) is 0. The van der Waals surface area contributed by atoms with Gasteiger partial charge in [-0.15, -0.1) is 0 Å². The van der Waals surface area contributed by atoms with Crippen LogP contribution in [0.5, 0.6) is 0 Å². The Labute approximate surface area is 123 Å². The Bertz CT molecular complexity index is 691. The molecule has 102 valence electrons. The van der Waals surface area contributed by atoms with Crippen molar-refractivity contribution in [3.63, 3.8) is 0 Å². The minimum atomic E-state index is -0.706. The molecule has 0 fully saturated rings. The van der Waals surface area contributed by atoms with Gasteiger partial charge in [-0.25, -0.2) is 4.98 Å². The number of pyridine rings is 1. The smallest absolute Gasteiger partial charge is 0.300 e. The predicted molar refractivity (Wildman–Crippen MR) is 75.3 cm³/mol. The summed E-state index contributed by atoms with van der Waals surface area (Å²) in [5.41, 5.74) is -0.599. The molecule has 0 saturated heterocycles. The Hall–Kier alpha value is -2.18. The fourth-order valence-corrected chi connectivity index (χ4v) is 1.94. The van der Waals surface area contributed by atoms with E-state index in [-0.39, 0.29) is 16.4 Å². The Balaban J connectivity index is 2.35. The van der Waals surface area contributed by atoms with Crippen LogP contribution < -0.4 is 5.32 Å². The average Bonchev–Trinajstić information content (AvgIpc) is 2.37. The zero-order valence-electron chi connectivity index (χ0n) is 9.84. The third-order valence-corrected chi connectivity index (χ3v) is 2.92. The van der Waals surface area contributed by atoms with Crippen LogP contribution in [-0.2, 0) is 0 Å². The molecule has 2 aromatic rings. The number of nitro groups is 1. The van der Waals surface area contributed by atoms with E-state index < -0.39 is 16.5 Å². The van der Waals surface area contributed by atoms with Crippen LogP contribution in [0, 0.1) is 10.1 Å². The molecule has 0 aliphatic carbocycles. The summed E-state index contributed by atoms with van der Waals surface area (Å²) in [7, 11) is 0.